The van der Waals surface area contributed by atoms with Crippen LogP contribution in [0.5, 0.6) is 5.75 Å². The number of hydrogen-bond acceptors (Lipinski definition) is 10. The average molecular weight is 564 g/mol. The predicted octanol–water partition coefficient (Wildman–Crippen LogP) is 4.94. The summed E-state index contributed by atoms with van der Waals surface area (Å²) in [5.74, 6) is -0.432. The van der Waals surface area contributed by atoms with Crippen molar-refractivity contribution >= 4 is 40.2 Å². The molecule has 1 unspecified atom stereocenters. The minimum absolute atomic E-state index is 0.0902. The topological polar surface area (TPSA) is 146 Å². The number of benzene rings is 1. The molecule has 0 saturated heterocycles. The molecule has 0 spiro atoms. The third-order valence-electron chi connectivity index (χ3n) is 6.48. The molecule has 1 atom stereocenters. The Morgan fingerprint density at radius 1 is 1.25 bits per heavy atom. The Hall–Kier alpha value is -4.00. The van der Waals surface area contributed by atoms with Crippen LogP contribution < -0.4 is 5.32 Å². The number of phenols is 1. The first-order valence-corrected chi connectivity index (χ1v) is 13.7. The van der Waals surface area contributed by atoms with Crippen molar-refractivity contribution < 1.29 is 28.7 Å². The number of carbonyl (C=O) groups is 2. The molecule has 0 saturated carbocycles. The number of hydroxylamine groups is 2. The van der Waals surface area contributed by atoms with Crippen molar-refractivity contribution in [1.29, 1.82) is 0 Å². The van der Waals surface area contributed by atoms with E-state index in [0.717, 1.165) is 5.52 Å². The molecule has 1 aromatic carbocycles. The lowest BCUT2D eigenvalue weighted by molar-refractivity contribution is -0.223. The van der Waals surface area contributed by atoms with E-state index in [0.29, 0.717) is 50.6 Å². The second kappa shape index (κ2) is 9.88. The number of imidazole rings is 1. The molecular weight excluding hydrogens is 534 g/mol. The van der Waals surface area contributed by atoms with Gasteiger partial charge in [0, 0.05) is 29.1 Å². The van der Waals surface area contributed by atoms with Crippen molar-refractivity contribution in [2.24, 2.45) is 0 Å². The maximum atomic E-state index is 13.6. The summed E-state index contributed by atoms with van der Waals surface area (Å²) >= 11 is 1.30. The van der Waals surface area contributed by atoms with Crippen LogP contribution in [-0.4, -0.2) is 62.2 Å². The van der Waals surface area contributed by atoms with Gasteiger partial charge in [-0.15, -0.1) is 0 Å². The zero-order valence-corrected chi connectivity index (χ0v) is 23.3. The van der Waals surface area contributed by atoms with Crippen molar-refractivity contribution in [3.63, 3.8) is 0 Å². The number of rotatable bonds is 6. The van der Waals surface area contributed by atoms with Crippen LogP contribution in [-0.2, 0) is 14.4 Å². The Labute approximate surface area is 233 Å². The first-order valence-electron chi connectivity index (χ1n) is 12.9. The van der Waals surface area contributed by atoms with Crippen molar-refractivity contribution in [2.45, 2.75) is 49.5 Å². The molecule has 6 rings (SSSR count). The highest BCUT2D eigenvalue weighted by molar-refractivity contribution is 7.99. The van der Waals surface area contributed by atoms with Crippen LogP contribution in [0.15, 0.2) is 62.5 Å². The molecule has 208 valence electrons. The van der Waals surface area contributed by atoms with E-state index >= 15 is 0 Å². The standard InChI is InChI=1S/C28H29N5O6S/c1-5-37-26(36)25-24-15(11-29-25)22(23-18(30-24)12-33(13-19(23)35)39-28(2,3)4)20-8-9-21(38-20)40-27-31-16-7-6-14(34)10-17(16)32-27/h6-11,22,29-30,34H,5,12-13H2,1-4H3,(H,31,32). The summed E-state index contributed by atoms with van der Waals surface area (Å²) in [5, 5.41) is 15.9. The number of aromatic nitrogens is 3. The summed E-state index contributed by atoms with van der Waals surface area (Å²) in [7, 11) is 0. The third-order valence-corrected chi connectivity index (χ3v) is 7.28. The highest BCUT2D eigenvalue weighted by Crippen LogP contribution is 2.46. The summed E-state index contributed by atoms with van der Waals surface area (Å²) in [6.07, 6.45) is 1.72. The Balaban J connectivity index is 1.37. The van der Waals surface area contributed by atoms with E-state index in [4.69, 9.17) is 14.0 Å². The van der Waals surface area contributed by atoms with Gasteiger partial charge in [0.05, 0.1) is 47.9 Å². The SMILES string of the molecule is CCOC(=O)c1[nH]cc2c1NC1=C(C(=O)CN(OC(C)(C)C)C1)C2c1ccc(Sc2nc3ccc(O)cc3[nH]2)o1. The second-order valence-electron chi connectivity index (χ2n) is 10.6. The number of aromatic hydroxyl groups is 1. The number of ketones is 1. The molecule has 2 aliphatic rings. The number of hydrogen-bond donors (Lipinski definition) is 4. The van der Waals surface area contributed by atoms with Crippen LogP contribution in [0.25, 0.3) is 11.0 Å². The second-order valence-corrected chi connectivity index (χ2v) is 11.6. The van der Waals surface area contributed by atoms with Gasteiger partial charge in [-0.05, 0) is 63.7 Å². The van der Waals surface area contributed by atoms with Crippen molar-refractivity contribution in [2.75, 3.05) is 25.0 Å². The van der Waals surface area contributed by atoms with Crippen molar-refractivity contribution in [3.05, 3.63) is 64.8 Å². The Morgan fingerprint density at radius 2 is 2.08 bits per heavy atom. The molecular formula is C28H29N5O6S. The third kappa shape index (κ3) is 4.89. The van der Waals surface area contributed by atoms with E-state index in [1.165, 1.54) is 11.8 Å². The molecule has 5 heterocycles. The maximum Gasteiger partial charge on any atom is 0.356 e. The number of phenolic OH excluding ortho intramolecular Hbond substituents is 1. The zero-order valence-electron chi connectivity index (χ0n) is 22.5. The van der Waals surface area contributed by atoms with Crippen LogP contribution in [0, 0.1) is 0 Å². The largest absolute Gasteiger partial charge is 0.508 e. The fraction of sp³-hybridized carbons (Fsp3) is 0.321. The fourth-order valence-corrected chi connectivity index (χ4v) is 5.82. The van der Waals surface area contributed by atoms with Crippen LogP contribution in [0.2, 0.25) is 0 Å². The number of H-pyrrole nitrogens is 2. The van der Waals surface area contributed by atoms with Gasteiger partial charge in [-0.25, -0.2) is 9.78 Å². The summed E-state index contributed by atoms with van der Waals surface area (Å²) in [5.41, 5.74) is 3.71. The monoisotopic (exact) mass is 563 g/mol. The molecule has 3 aromatic heterocycles. The Kier molecular flexibility index (Phi) is 6.48. The number of nitrogens with zero attached hydrogens (tertiary/aromatic N) is 2. The lowest BCUT2D eigenvalue weighted by atomic mass is 9.81. The number of fused-ring (bicyclic) bond motifs is 2. The highest BCUT2D eigenvalue weighted by atomic mass is 32.2. The molecule has 0 fully saturated rings. The van der Waals surface area contributed by atoms with Gasteiger partial charge in [0.2, 0.25) is 0 Å². The molecule has 2 aliphatic heterocycles. The quantitative estimate of drug-likeness (QED) is 0.238. The first-order chi connectivity index (χ1) is 19.1. The zero-order chi connectivity index (χ0) is 28.2. The molecule has 0 amide bonds. The number of Topliss-reactive ketones (excluding diaryl/α,β-unsaturated/α-hetero) is 1. The van der Waals surface area contributed by atoms with E-state index in [2.05, 4.69) is 20.3 Å². The number of esters is 1. The van der Waals surface area contributed by atoms with Crippen LogP contribution in [0.4, 0.5) is 5.69 Å². The van der Waals surface area contributed by atoms with E-state index in [-0.39, 0.29) is 30.4 Å². The van der Waals surface area contributed by atoms with E-state index in [1.807, 2.05) is 32.9 Å². The molecule has 11 nitrogen and oxygen atoms in total. The highest BCUT2D eigenvalue weighted by Gasteiger charge is 2.42. The number of aromatic amines is 2. The number of anilines is 1. The van der Waals surface area contributed by atoms with Gasteiger partial charge in [-0.3, -0.25) is 9.63 Å². The average Bonchev–Trinajstić information content (AvgIpc) is 3.60. The van der Waals surface area contributed by atoms with Crippen LogP contribution in [0.1, 0.15) is 55.4 Å². The normalized spacial score (nSPS) is 17.6. The minimum Gasteiger partial charge on any atom is -0.508 e. The number of carbonyl (C=O) groups excluding carboxylic acids is 2. The molecule has 4 N–H and O–H groups in total. The number of ether oxygens (including phenoxy) is 1. The summed E-state index contributed by atoms with van der Waals surface area (Å²) in [4.78, 5) is 43.1. The Morgan fingerprint density at radius 3 is 2.85 bits per heavy atom. The molecule has 12 heteroatoms. The van der Waals surface area contributed by atoms with Gasteiger partial charge in [0.15, 0.2) is 16.0 Å². The maximum absolute atomic E-state index is 13.6. The predicted molar refractivity (Wildman–Crippen MR) is 147 cm³/mol. The van der Waals surface area contributed by atoms with E-state index < -0.39 is 17.5 Å². The van der Waals surface area contributed by atoms with Gasteiger partial charge < -0.3 is 29.5 Å². The summed E-state index contributed by atoms with van der Waals surface area (Å²) in [6, 6.07) is 8.59. The summed E-state index contributed by atoms with van der Waals surface area (Å²) < 4.78 is 11.5. The molecule has 4 aromatic rings. The van der Waals surface area contributed by atoms with Gasteiger partial charge >= 0.3 is 5.97 Å². The van der Waals surface area contributed by atoms with Gasteiger partial charge in [-0.1, -0.05) is 0 Å². The first kappa shape index (κ1) is 26.2. The number of nitrogens with one attached hydrogen (secondary N) is 3. The Bertz CT molecular complexity index is 1660. The van der Waals surface area contributed by atoms with E-state index in [9.17, 15) is 14.7 Å². The molecule has 0 radical (unpaired) electrons. The van der Waals surface area contributed by atoms with Crippen LogP contribution in [0.3, 0.4) is 0 Å². The lowest BCUT2D eigenvalue weighted by Crippen LogP contribution is -2.45. The van der Waals surface area contributed by atoms with Crippen molar-refractivity contribution in [1.82, 2.24) is 20.0 Å². The fourth-order valence-electron chi connectivity index (χ4n) is 5.05. The molecule has 0 aliphatic carbocycles. The minimum atomic E-state index is -0.545. The molecule has 0 bridgehead atoms. The molecule has 40 heavy (non-hydrogen) atoms. The smallest absolute Gasteiger partial charge is 0.356 e. The van der Waals surface area contributed by atoms with Gasteiger partial charge in [-0.2, -0.15) is 5.06 Å². The van der Waals surface area contributed by atoms with Crippen molar-refractivity contribution in [3.8, 4) is 5.75 Å². The van der Waals surface area contributed by atoms with Crippen LogP contribution >= 0.6 is 11.8 Å². The number of furan rings is 1. The van der Waals surface area contributed by atoms with Gasteiger partial charge in [0.1, 0.15) is 17.2 Å². The van der Waals surface area contributed by atoms with E-state index in [1.54, 1.807) is 36.4 Å². The van der Waals surface area contributed by atoms with Gasteiger partial charge in [0.25, 0.3) is 0 Å². The lowest BCUT2D eigenvalue weighted by Gasteiger charge is -2.38. The summed E-state index contributed by atoms with van der Waals surface area (Å²) in [6.45, 7) is 8.17.